The molecule has 2 aliphatic rings. The third-order valence-electron chi connectivity index (χ3n) is 21.5. The molecule has 0 saturated heterocycles. The van der Waals surface area contributed by atoms with Crippen molar-refractivity contribution in [2.75, 3.05) is 16.3 Å². The maximum atomic E-state index is 6.15. The van der Waals surface area contributed by atoms with E-state index in [-0.39, 0.29) is 6.71 Å². The van der Waals surface area contributed by atoms with Crippen LogP contribution in [-0.4, -0.2) is 239 Å². The number of anilines is 5. The van der Waals surface area contributed by atoms with Gasteiger partial charge in [0, 0.05) is 40.7 Å². The lowest BCUT2D eigenvalue weighted by atomic mass is 9.28. The van der Waals surface area contributed by atoms with Gasteiger partial charge >= 0.3 is 0 Å². The quantitative estimate of drug-likeness (QED) is 0.0978. The number of hydrogen-bond donors (Lipinski definition) is 0. The van der Waals surface area contributed by atoms with Gasteiger partial charge in [0.05, 0.1) is 22.1 Å². The summed E-state index contributed by atoms with van der Waals surface area (Å²) in [6.07, 6.45) is 6.15. The SMILES string of the molecule is B/C(C#C)=C(B)/C(B)=C(/B)CN1c2c(B)c(B)c(B)c(B)c2B2c3c(B)c(B)c(B)c(B)c3N(c3c(B)c(B)c(B)c(B)c3B)c3c(B)c(-n4c5c(B)c(B)c(B)c(B)c5n5c6c(B)c(B)c(B)c(B)c6nc45)c(B)c1c32. The number of allylic oxidation sites excluding steroid dienone is 3. The second-order valence-corrected chi connectivity index (χ2v) is 24.3. The highest BCUT2D eigenvalue weighted by atomic mass is 15.2. The van der Waals surface area contributed by atoms with Crippen LogP contribution in [0.2, 0.25) is 0 Å². The molecule has 33 heteroatoms. The zero-order valence-corrected chi connectivity index (χ0v) is 52.1. The molecule has 10 rings (SSSR count). The maximum Gasteiger partial charge on any atom is 0.250 e. The first-order valence-corrected chi connectivity index (χ1v) is 28.2. The highest BCUT2D eigenvalue weighted by Gasteiger charge is 2.48. The molecule has 0 aliphatic carbocycles. The van der Waals surface area contributed by atoms with E-state index in [1.165, 1.54) is 209 Å². The number of hydrogen-bond acceptors (Lipinski definition) is 3. The number of aromatic nitrogens is 3. The lowest BCUT2D eigenvalue weighted by Crippen LogP contribution is -2.76. The van der Waals surface area contributed by atoms with E-state index in [4.69, 9.17) is 11.4 Å². The number of rotatable bonds is 5. The number of imidazole rings is 2. The summed E-state index contributed by atoms with van der Waals surface area (Å²) in [4.78, 5) is 11.5. The molecule has 0 atom stereocenters. The van der Waals surface area contributed by atoms with Crippen molar-refractivity contribution < 1.29 is 0 Å². The van der Waals surface area contributed by atoms with Crippen LogP contribution in [0.4, 0.5) is 28.4 Å². The minimum atomic E-state index is -0.0375. The molecule has 2 aliphatic heterocycles. The largest absolute Gasteiger partial charge is 0.340 e. The molecule has 0 saturated carbocycles. The molecular weight excluding hydrogens is 901 g/mol. The molecule has 5 nitrogen and oxygen atoms in total. The molecule has 8 aromatic rings. The van der Waals surface area contributed by atoms with E-state index >= 15 is 0 Å². The topological polar surface area (TPSA) is 28.7 Å². The van der Waals surface area contributed by atoms with Gasteiger partial charge in [0.15, 0.2) is 0 Å². The van der Waals surface area contributed by atoms with Crippen LogP contribution in [0.3, 0.4) is 0 Å². The molecule has 77 heavy (non-hydrogen) atoms. The van der Waals surface area contributed by atoms with Gasteiger partial charge in [0.2, 0.25) is 12.5 Å². The zero-order chi connectivity index (χ0) is 56.7. The minimum Gasteiger partial charge on any atom is -0.340 e. The molecule has 342 valence electrons. The van der Waals surface area contributed by atoms with Gasteiger partial charge in [-0.3, -0.25) is 8.97 Å². The molecule has 0 unspecified atom stereocenters. The van der Waals surface area contributed by atoms with Crippen molar-refractivity contribution in [1.82, 2.24) is 14.0 Å². The van der Waals surface area contributed by atoms with Crippen LogP contribution in [0, 0.1) is 12.3 Å². The fraction of sp³-hybridized carbons (Fsp3) is 0.0227. The van der Waals surface area contributed by atoms with Gasteiger partial charge in [-0.2, -0.15) is 0 Å². The van der Waals surface area contributed by atoms with E-state index in [1.807, 2.05) is 0 Å². The molecule has 0 fully saturated rings. The molecule has 0 amide bonds. The fourth-order valence-electron chi connectivity index (χ4n) is 14.6. The summed E-state index contributed by atoms with van der Waals surface area (Å²) in [5, 5.41) is 0. The first-order valence-electron chi connectivity index (χ1n) is 28.2. The third-order valence-corrected chi connectivity index (χ3v) is 21.5. The maximum absolute atomic E-state index is 6.15. The lowest BCUT2D eigenvalue weighted by molar-refractivity contribution is 1.08. The van der Waals surface area contributed by atoms with E-state index in [2.05, 4.69) is 237 Å². The molecule has 0 spiro atoms. The standard InChI is InChI=1S/C44H57B28N5/c1-2-4(45)6(47)7(48)5(46)3-74-37-24(65)14(55)9(50)19(60)31(37)72-32-20(61)10(51)15(56)25(66)39(32)75(35-22(63)12(53)8(49)13(54)23(35)64)40-30(71)36(29(70)38(74)33(40)72)76-42-27(68)17(58)18(59)28(69)43(42)77-41-26(67)16(57)11(52)21(62)34(41)73-44(76)77/h1H,3,45-71H2/b6-4-,7-5-. The Morgan fingerprint density at radius 1 is 0.377 bits per heavy atom. The first kappa shape index (κ1) is 55.4. The molecule has 4 heterocycles. The lowest BCUT2D eigenvalue weighted by Gasteiger charge is -2.50. The molecule has 6 aromatic carbocycles. The van der Waals surface area contributed by atoms with Crippen LogP contribution in [0.25, 0.3) is 33.5 Å². The summed E-state index contributed by atoms with van der Waals surface area (Å²) in [5.41, 5.74) is 52.1. The van der Waals surface area contributed by atoms with E-state index in [1.54, 1.807) is 0 Å². The van der Waals surface area contributed by atoms with Gasteiger partial charge in [-0.15, -0.1) is 28.3 Å². The Kier molecular flexibility index (Phi) is 13.5. The summed E-state index contributed by atoms with van der Waals surface area (Å²) in [6.45, 7) is 0.657. The zero-order valence-electron chi connectivity index (χ0n) is 52.1. The molecule has 0 N–H and O–H groups in total. The second kappa shape index (κ2) is 18.8. The van der Waals surface area contributed by atoms with E-state index < -0.39 is 0 Å². The summed E-state index contributed by atoms with van der Waals surface area (Å²) in [6, 6.07) is 0. The predicted octanol–water partition coefficient (Wildman–Crippen LogP) is -36.3. The van der Waals surface area contributed by atoms with Crippen LogP contribution in [0.5, 0.6) is 0 Å². The number of benzene rings is 6. The van der Waals surface area contributed by atoms with Gasteiger partial charge < -0.3 is 9.80 Å². The first-order chi connectivity index (χ1) is 36.0. The molecular formula is C44H57B28N5. The van der Waals surface area contributed by atoms with Gasteiger partial charge in [-0.05, 0) is 21.9 Å². The van der Waals surface area contributed by atoms with Gasteiger partial charge in [-0.25, -0.2) is 4.98 Å². The second-order valence-electron chi connectivity index (χ2n) is 24.3. The summed E-state index contributed by atoms with van der Waals surface area (Å²) < 4.78 is 5.19. The highest BCUT2D eigenvalue weighted by molar-refractivity contribution is 7.06. The summed E-state index contributed by atoms with van der Waals surface area (Å²) in [7, 11) is 63.1. The number of fused-ring (bicyclic) bond motifs is 9. The summed E-state index contributed by atoms with van der Waals surface area (Å²) in [5.74, 6) is 3.95. The van der Waals surface area contributed by atoms with Crippen molar-refractivity contribution in [3.63, 3.8) is 0 Å². The van der Waals surface area contributed by atoms with Crippen molar-refractivity contribution in [3.05, 3.63) is 21.9 Å². The Balaban J connectivity index is 1.55. The minimum absolute atomic E-state index is 0.0375. The Morgan fingerprint density at radius 2 is 0.753 bits per heavy atom. The Labute approximate surface area is 483 Å². The van der Waals surface area contributed by atoms with Crippen LogP contribution in [0.1, 0.15) is 0 Å². The fourth-order valence-corrected chi connectivity index (χ4v) is 14.6. The van der Waals surface area contributed by atoms with E-state index in [0.717, 1.165) is 16.8 Å². The van der Waals surface area contributed by atoms with Crippen molar-refractivity contribution in [1.29, 1.82) is 0 Å². The molecule has 2 aromatic heterocycles. The van der Waals surface area contributed by atoms with Crippen molar-refractivity contribution in [3.8, 4) is 18.0 Å². The smallest absolute Gasteiger partial charge is 0.250 e. The van der Waals surface area contributed by atoms with Crippen LogP contribution in [0.15, 0.2) is 21.9 Å². The highest BCUT2D eigenvalue weighted by Crippen LogP contribution is 2.39. The Morgan fingerprint density at radius 3 is 1.27 bits per heavy atom. The van der Waals surface area contributed by atoms with Gasteiger partial charge in [-0.1, -0.05) is 126 Å². The van der Waals surface area contributed by atoms with Crippen LogP contribution in [-0.2, 0) is 0 Å². The number of nitrogens with zero attached hydrogens (tertiary/aromatic N) is 5. The van der Waals surface area contributed by atoms with E-state index in [9.17, 15) is 0 Å². The normalized spacial score (nSPS) is 13.4. The van der Waals surface area contributed by atoms with Crippen LogP contribution < -0.4 is 152 Å². The van der Waals surface area contributed by atoms with Crippen molar-refractivity contribution in [2.45, 2.75) is 0 Å². The Hall–Kier alpha value is -4.95. The van der Waals surface area contributed by atoms with Crippen molar-refractivity contribution in [2.24, 2.45) is 0 Å². The van der Waals surface area contributed by atoms with Crippen LogP contribution >= 0.6 is 0 Å². The third kappa shape index (κ3) is 7.19. The van der Waals surface area contributed by atoms with Gasteiger partial charge in [0.1, 0.15) is 212 Å². The average molecular weight is 959 g/mol. The monoisotopic (exact) mass is 964 g/mol. The van der Waals surface area contributed by atoms with Gasteiger partial charge in [0.25, 0.3) is 0 Å². The van der Waals surface area contributed by atoms with Crippen molar-refractivity contribution >= 4 is 417 Å². The molecule has 0 bridgehead atoms. The Bertz CT molecular complexity index is 4230. The number of terminal acetylenes is 1. The average Bonchev–Trinajstić information content (AvgIpc) is 3.99. The summed E-state index contributed by atoms with van der Waals surface area (Å²) >= 11 is 0. The van der Waals surface area contributed by atoms with E-state index in [0.29, 0.717) is 6.54 Å². The predicted molar refractivity (Wildman–Crippen MR) is 427 cm³/mol. The molecule has 0 radical (unpaired) electrons.